The fourth-order valence-corrected chi connectivity index (χ4v) is 3.07. The lowest BCUT2D eigenvalue weighted by molar-refractivity contribution is 0.0734. The number of carbonyl (C=O) groups excluding carboxylic acids is 2. The van der Waals surface area contributed by atoms with Crippen molar-refractivity contribution in [1.29, 1.82) is 0 Å². The Hall–Kier alpha value is -3.25. The SMILES string of the molecule is Cc1cccc(C(=O)Oc2ccc(Br)cc2C=NNC(=O)c2ccccc2C)c1. The van der Waals surface area contributed by atoms with Crippen molar-refractivity contribution >= 4 is 34.0 Å². The summed E-state index contributed by atoms with van der Waals surface area (Å²) < 4.78 is 6.33. The van der Waals surface area contributed by atoms with Crippen molar-refractivity contribution in [1.82, 2.24) is 5.43 Å². The Labute approximate surface area is 177 Å². The van der Waals surface area contributed by atoms with E-state index < -0.39 is 5.97 Å². The zero-order valence-electron chi connectivity index (χ0n) is 16.0. The van der Waals surface area contributed by atoms with E-state index in [4.69, 9.17) is 4.74 Å². The van der Waals surface area contributed by atoms with E-state index in [1.54, 1.807) is 48.5 Å². The van der Waals surface area contributed by atoms with Crippen LogP contribution in [0.4, 0.5) is 0 Å². The van der Waals surface area contributed by atoms with Crippen molar-refractivity contribution < 1.29 is 14.3 Å². The van der Waals surface area contributed by atoms with Crippen LogP contribution >= 0.6 is 15.9 Å². The maximum Gasteiger partial charge on any atom is 0.343 e. The van der Waals surface area contributed by atoms with E-state index in [-0.39, 0.29) is 5.91 Å². The fraction of sp³-hybridized carbons (Fsp3) is 0.0870. The van der Waals surface area contributed by atoms with Crippen LogP contribution in [0.25, 0.3) is 0 Å². The summed E-state index contributed by atoms with van der Waals surface area (Å²) in [6.07, 6.45) is 1.44. The second-order valence-corrected chi connectivity index (χ2v) is 7.37. The molecule has 3 aromatic carbocycles. The number of carbonyl (C=O) groups is 2. The Kier molecular flexibility index (Phi) is 6.57. The lowest BCUT2D eigenvalue weighted by atomic mass is 10.1. The average molecular weight is 451 g/mol. The molecule has 6 heteroatoms. The van der Waals surface area contributed by atoms with E-state index in [0.717, 1.165) is 15.6 Å². The molecule has 29 heavy (non-hydrogen) atoms. The highest BCUT2D eigenvalue weighted by Gasteiger charge is 2.12. The number of rotatable bonds is 5. The molecule has 0 radical (unpaired) electrons. The average Bonchev–Trinajstić information content (AvgIpc) is 2.70. The summed E-state index contributed by atoms with van der Waals surface area (Å²) in [6, 6.07) is 19.6. The molecule has 0 aromatic heterocycles. The second kappa shape index (κ2) is 9.30. The van der Waals surface area contributed by atoms with Gasteiger partial charge in [-0.25, -0.2) is 10.2 Å². The Morgan fingerprint density at radius 2 is 1.79 bits per heavy atom. The molecule has 0 aliphatic heterocycles. The van der Waals surface area contributed by atoms with Gasteiger partial charge in [0, 0.05) is 15.6 Å². The number of hydrogen-bond donors (Lipinski definition) is 1. The van der Waals surface area contributed by atoms with Gasteiger partial charge in [-0.15, -0.1) is 0 Å². The van der Waals surface area contributed by atoms with Crippen LogP contribution in [0.1, 0.15) is 37.4 Å². The zero-order chi connectivity index (χ0) is 20.8. The Morgan fingerprint density at radius 1 is 1.00 bits per heavy atom. The molecule has 3 aromatic rings. The molecule has 0 spiro atoms. The third kappa shape index (κ3) is 5.39. The van der Waals surface area contributed by atoms with Gasteiger partial charge in [0.05, 0.1) is 11.8 Å². The van der Waals surface area contributed by atoms with Crippen LogP contribution < -0.4 is 10.2 Å². The number of hydrazone groups is 1. The Balaban J connectivity index is 1.76. The zero-order valence-corrected chi connectivity index (χ0v) is 17.6. The van der Waals surface area contributed by atoms with E-state index >= 15 is 0 Å². The summed E-state index contributed by atoms with van der Waals surface area (Å²) in [6.45, 7) is 3.77. The number of esters is 1. The number of nitrogens with one attached hydrogen (secondary N) is 1. The quantitative estimate of drug-likeness (QED) is 0.256. The molecule has 0 heterocycles. The van der Waals surface area contributed by atoms with Crippen molar-refractivity contribution in [3.8, 4) is 5.75 Å². The first-order valence-corrected chi connectivity index (χ1v) is 9.71. The van der Waals surface area contributed by atoms with Gasteiger partial charge in [-0.2, -0.15) is 5.10 Å². The molecule has 146 valence electrons. The molecule has 0 unspecified atom stereocenters. The molecular weight excluding hydrogens is 432 g/mol. The van der Waals surface area contributed by atoms with Gasteiger partial charge in [-0.05, 0) is 55.8 Å². The van der Waals surface area contributed by atoms with E-state index in [9.17, 15) is 9.59 Å². The highest BCUT2D eigenvalue weighted by Crippen LogP contribution is 2.23. The van der Waals surface area contributed by atoms with Gasteiger partial charge in [-0.3, -0.25) is 4.79 Å². The summed E-state index contributed by atoms with van der Waals surface area (Å²) in [5.41, 5.74) is 5.88. The standard InChI is InChI=1S/C23H19BrN2O3/c1-15-6-5-8-17(12-15)23(28)29-21-11-10-19(24)13-18(21)14-25-26-22(27)20-9-4-3-7-16(20)2/h3-14H,1-2H3,(H,26,27). The predicted molar refractivity (Wildman–Crippen MR) is 117 cm³/mol. The van der Waals surface area contributed by atoms with Crippen LogP contribution in [0, 0.1) is 13.8 Å². The maximum absolute atomic E-state index is 12.5. The molecule has 0 saturated heterocycles. The number of benzene rings is 3. The molecule has 1 amide bonds. The summed E-state index contributed by atoms with van der Waals surface area (Å²) in [5, 5.41) is 4.02. The number of hydrogen-bond acceptors (Lipinski definition) is 4. The molecule has 0 fully saturated rings. The number of aryl methyl sites for hydroxylation is 2. The van der Waals surface area contributed by atoms with E-state index in [0.29, 0.717) is 22.4 Å². The minimum atomic E-state index is -0.463. The van der Waals surface area contributed by atoms with Crippen molar-refractivity contribution in [2.24, 2.45) is 5.10 Å². The van der Waals surface area contributed by atoms with Gasteiger partial charge < -0.3 is 4.74 Å². The Bertz CT molecular complexity index is 1090. The van der Waals surface area contributed by atoms with E-state index in [2.05, 4.69) is 26.5 Å². The van der Waals surface area contributed by atoms with Crippen molar-refractivity contribution in [2.75, 3.05) is 0 Å². The third-order valence-corrected chi connectivity index (χ3v) is 4.68. The summed E-state index contributed by atoms with van der Waals surface area (Å²) in [7, 11) is 0. The lowest BCUT2D eigenvalue weighted by Crippen LogP contribution is -2.18. The molecule has 0 aliphatic carbocycles. The van der Waals surface area contributed by atoms with Crippen LogP contribution in [-0.4, -0.2) is 18.1 Å². The summed E-state index contributed by atoms with van der Waals surface area (Å²) in [4.78, 5) is 24.7. The highest BCUT2D eigenvalue weighted by molar-refractivity contribution is 9.10. The van der Waals surface area contributed by atoms with Crippen LogP contribution in [0.3, 0.4) is 0 Å². The number of nitrogens with zero attached hydrogens (tertiary/aromatic N) is 1. The molecule has 0 atom stereocenters. The smallest absolute Gasteiger partial charge is 0.343 e. The molecule has 5 nitrogen and oxygen atoms in total. The van der Waals surface area contributed by atoms with E-state index in [1.807, 2.05) is 32.0 Å². The lowest BCUT2D eigenvalue weighted by Gasteiger charge is -2.09. The van der Waals surface area contributed by atoms with Gasteiger partial charge >= 0.3 is 5.97 Å². The maximum atomic E-state index is 12.5. The summed E-state index contributed by atoms with van der Waals surface area (Å²) in [5.74, 6) is -0.434. The van der Waals surface area contributed by atoms with Crippen LogP contribution in [-0.2, 0) is 0 Å². The number of halogens is 1. The molecule has 0 saturated carbocycles. The molecule has 1 N–H and O–H groups in total. The van der Waals surface area contributed by atoms with Gasteiger partial charge in [0.15, 0.2) is 0 Å². The first-order valence-electron chi connectivity index (χ1n) is 8.91. The normalized spacial score (nSPS) is 10.7. The molecular formula is C23H19BrN2O3. The van der Waals surface area contributed by atoms with Gasteiger partial charge in [0.2, 0.25) is 0 Å². The molecule has 0 bridgehead atoms. The van der Waals surface area contributed by atoms with Crippen molar-refractivity contribution in [3.05, 3.63) is 99.0 Å². The molecule has 3 rings (SSSR count). The monoisotopic (exact) mass is 450 g/mol. The predicted octanol–water partition coefficient (Wildman–Crippen LogP) is 5.05. The topological polar surface area (TPSA) is 67.8 Å². The Morgan fingerprint density at radius 3 is 2.55 bits per heavy atom. The van der Waals surface area contributed by atoms with Crippen LogP contribution in [0.2, 0.25) is 0 Å². The highest BCUT2D eigenvalue weighted by atomic mass is 79.9. The summed E-state index contributed by atoms with van der Waals surface area (Å²) >= 11 is 3.39. The van der Waals surface area contributed by atoms with Crippen LogP contribution in [0.5, 0.6) is 5.75 Å². The van der Waals surface area contributed by atoms with Crippen molar-refractivity contribution in [2.45, 2.75) is 13.8 Å². The van der Waals surface area contributed by atoms with Crippen molar-refractivity contribution in [3.63, 3.8) is 0 Å². The third-order valence-electron chi connectivity index (χ3n) is 4.19. The minimum absolute atomic E-state index is 0.312. The second-order valence-electron chi connectivity index (χ2n) is 6.46. The molecule has 0 aliphatic rings. The largest absolute Gasteiger partial charge is 0.422 e. The van der Waals surface area contributed by atoms with Gasteiger partial charge in [-0.1, -0.05) is 51.8 Å². The first-order chi connectivity index (χ1) is 13.9. The fourth-order valence-electron chi connectivity index (χ4n) is 2.69. The van der Waals surface area contributed by atoms with Gasteiger partial charge in [0.1, 0.15) is 5.75 Å². The van der Waals surface area contributed by atoms with Gasteiger partial charge in [0.25, 0.3) is 5.91 Å². The number of amides is 1. The first kappa shape index (κ1) is 20.5. The minimum Gasteiger partial charge on any atom is -0.422 e. The number of ether oxygens (including phenoxy) is 1. The van der Waals surface area contributed by atoms with E-state index in [1.165, 1.54) is 6.21 Å². The van der Waals surface area contributed by atoms with Crippen LogP contribution in [0.15, 0.2) is 76.3 Å².